The number of hydrogen-bond acceptors (Lipinski definition) is 4. The zero-order chi connectivity index (χ0) is 20.6. The quantitative estimate of drug-likeness (QED) is 0.741. The average Bonchev–Trinajstić information content (AvgIpc) is 3.13. The first-order valence-corrected chi connectivity index (χ1v) is 9.51. The summed E-state index contributed by atoms with van der Waals surface area (Å²) < 4.78 is 10.6. The molecule has 0 aliphatic carbocycles. The average molecular weight is 413 g/mol. The molecule has 0 radical (unpaired) electrons. The molecule has 6 nitrogen and oxygen atoms in total. The van der Waals surface area contributed by atoms with E-state index in [1.807, 2.05) is 24.3 Å². The van der Waals surface area contributed by atoms with Crippen LogP contribution in [0.15, 0.2) is 48.5 Å². The summed E-state index contributed by atoms with van der Waals surface area (Å²) in [4.78, 5) is 26.2. The van der Waals surface area contributed by atoms with Gasteiger partial charge in [0.25, 0.3) is 0 Å². The second-order valence-electron chi connectivity index (χ2n) is 6.39. The predicted molar refractivity (Wildman–Crippen MR) is 111 cm³/mol. The second kappa shape index (κ2) is 9.85. The van der Waals surface area contributed by atoms with Gasteiger partial charge < -0.3 is 19.7 Å². The summed E-state index contributed by atoms with van der Waals surface area (Å²) in [7, 11) is 1.59. The van der Waals surface area contributed by atoms with E-state index in [-0.39, 0.29) is 31.4 Å². The lowest BCUT2D eigenvalue weighted by atomic mass is 10.1. The maximum absolute atomic E-state index is 12.3. The molecule has 7 heteroatoms. The molecule has 1 atom stereocenters. The van der Waals surface area contributed by atoms with Crippen LogP contribution in [0, 0.1) is 17.8 Å². The van der Waals surface area contributed by atoms with Crippen LogP contribution in [0.3, 0.4) is 0 Å². The molecule has 1 aliphatic rings. The highest BCUT2D eigenvalue weighted by atomic mass is 35.5. The third-order valence-electron chi connectivity index (χ3n) is 4.49. The fourth-order valence-corrected chi connectivity index (χ4v) is 3.15. The summed E-state index contributed by atoms with van der Waals surface area (Å²) in [5, 5.41) is 3.28. The first-order chi connectivity index (χ1) is 14.1. The van der Waals surface area contributed by atoms with Crippen LogP contribution in [0.4, 0.5) is 5.69 Å². The summed E-state index contributed by atoms with van der Waals surface area (Å²) in [5.41, 5.74) is 0.752. The van der Waals surface area contributed by atoms with Crippen LogP contribution in [0.1, 0.15) is 6.42 Å². The van der Waals surface area contributed by atoms with Gasteiger partial charge in [0, 0.05) is 18.7 Å². The number of carbonyl (C=O) groups excluding carboxylic acids is 2. The standard InChI is InChI=1S/C22H21ClN2O4/c1-28-18-10-8-17(9-11-18)25-15-16(14-21(25)26)22(27)24-12-4-5-13-29-20-7-3-2-6-19(20)23/h2-3,6-11,16H,12-15H2,1H3,(H,24,27). The number of para-hydroxylation sites is 1. The maximum atomic E-state index is 12.3. The van der Waals surface area contributed by atoms with Crippen molar-refractivity contribution < 1.29 is 19.1 Å². The van der Waals surface area contributed by atoms with Crippen LogP contribution < -0.4 is 19.7 Å². The molecule has 2 amide bonds. The molecule has 3 rings (SSSR count). The summed E-state index contributed by atoms with van der Waals surface area (Å²) in [5.74, 6) is 6.28. The Kier molecular flexibility index (Phi) is 6.99. The topological polar surface area (TPSA) is 67.9 Å². The van der Waals surface area contributed by atoms with Crippen molar-refractivity contribution >= 4 is 29.1 Å². The smallest absolute Gasteiger partial charge is 0.227 e. The molecule has 1 unspecified atom stereocenters. The number of methoxy groups -OCH3 is 1. The third-order valence-corrected chi connectivity index (χ3v) is 4.80. The van der Waals surface area contributed by atoms with E-state index < -0.39 is 5.92 Å². The minimum absolute atomic E-state index is 0.0745. The summed E-state index contributed by atoms with van der Waals surface area (Å²) in [6, 6.07) is 14.3. The van der Waals surface area contributed by atoms with Crippen LogP contribution in [-0.4, -0.2) is 38.6 Å². The number of anilines is 1. The van der Waals surface area contributed by atoms with E-state index in [9.17, 15) is 9.59 Å². The minimum Gasteiger partial charge on any atom is -0.497 e. The molecule has 1 N–H and O–H groups in total. The molecule has 1 saturated heterocycles. The molecular formula is C22H21ClN2O4. The number of benzene rings is 2. The summed E-state index contributed by atoms with van der Waals surface area (Å²) >= 11 is 5.99. The summed E-state index contributed by atoms with van der Waals surface area (Å²) in [6.45, 7) is 0.713. The Morgan fingerprint density at radius 3 is 2.69 bits per heavy atom. The Morgan fingerprint density at radius 2 is 1.97 bits per heavy atom. The Bertz CT molecular complexity index is 934. The highest BCUT2D eigenvalue weighted by Gasteiger charge is 2.34. The third kappa shape index (κ3) is 5.43. The zero-order valence-electron chi connectivity index (χ0n) is 16.0. The Labute approximate surface area is 174 Å². The molecule has 0 bridgehead atoms. The first-order valence-electron chi connectivity index (χ1n) is 9.13. The number of rotatable bonds is 6. The SMILES string of the molecule is COc1ccc(N2CC(C(=O)NCC#CCOc3ccccc3Cl)CC2=O)cc1. The minimum atomic E-state index is -0.397. The van der Waals surface area contributed by atoms with Gasteiger partial charge in [0.15, 0.2) is 0 Å². The highest BCUT2D eigenvalue weighted by molar-refractivity contribution is 6.32. The normalized spacial score (nSPS) is 15.4. The number of hydrogen-bond donors (Lipinski definition) is 1. The first kappa shape index (κ1) is 20.6. The molecule has 1 fully saturated rings. The lowest BCUT2D eigenvalue weighted by Crippen LogP contribution is -2.33. The van der Waals surface area contributed by atoms with Gasteiger partial charge in [-0.05, 0) is 36.4 Å². The van der Waals surface area contributed by atoms with Crippen molar-refractivity contribution in [3.63, 3.8) is 0 Å². The number of nitrogens with zero attached hydrogens (tertiary/aromatic N) is 1. The van der Waals surface area contributed by atoms with Gasteiger partial charge in [-0.25, -0.2) is 0 Å². The van der Waals surface area contributed by atoms with Gasteiger partial charge in [-0.15, -0.1) is 0 Å². The number of halogens is 1. The van der Waals surface area contributed by atoms with Crippen molar-refractivity contribution in [1.29, 1.82) is 0 Å². The summed E-state index contributed by atoms with van der Waals surface area (Å²) in [6.07, 6.45) is 0.181. The lowest BCUT2D eigenvalue weighted by molar-refractivity contribution is -0.126. The predicted octanol–water partition coefficient (Wildman–Crippen LogP) is 2.90. The lowest BCUT2D eigenvalue weighted by Gasteiger charge is -2.16. The Hall–Kier alpha value is -3.17. The zero-order valence-corrected chi connectivity index (χ0v) is 16.7. The fourth-order valence-electron chi connectivity index (χ4n) is 2.96. The number of nitrogens with one attached hydrogen (secondary N) is 1. The van der Waals surface area contributed by atoms with Crippen molar-refractivity contribution in [2.45, 2.75) is 6.42 Å². The largest absolute Gasteiger partial charge is 0.497 e. The maximum Gasteiger partial charge on any atom is 0.227 e. The van der Waals surface area contributed by atoms with Crippen LogP contribution in [0.25, 0.3) is 0 Å². The van der Waals surface area contributed by atoms with Gasteiger partial charge in [0.05, 0.1) is 24.6 Å². The van der Waals surface area contributed by atoms with Crippen LogP contribution in [0.2, 0.25) is 5.02 Å². The molecule has 2 aromatic carbocycles. The van der Waals surface area contributed by atoms with E-state index in [1.54, 1.807) is 36.3 Å². The monoisotopic (exact) mass is 412 g/mol. The molecule has 2 aromatic rings. The van der Waals surface area contributed by atoms with Crippen molar-refractivity contribution in [1.82, 2.24) is 5.32 Å². The van der Waals surface area contributed by atoms with E-state index in [0.717, 1.165) is 5.69 Å². The molecular weight excluding hydrogens is 392 g/mol. The van der Waals surface area contributed by atoms with Crippen LogP contribution >= 0.6 is 11.6 Å². The van der Waals surface area contributed by atoms with E-state index >= 15 is 0 Å². The molecule has 0 spiro atoms. The van der Waals surface area contributed by atoms with E-state index in [4.69, 9.17) is 21.1 Å². The molecule has 1 aliphatic heterocycles. The van der Waals surface area contributed by atoms with Crippen LogP contribution in [-0.2, 0) is 9.59 Å². The van der Waals surface area contributed by atoms with Crippen LogP contribution in [0.5, 0.6) is 11.5 Å². The molecule has 1 heterocycles. The number of ether oxygens (including phenoxy) is 2. The van der Waals surface area contributed by atoms with Gasteiger partial charge in [-0.1, -0.05) is 35.6 Å². The Morgan fingerprint density at radius 1 is 1.21 bits per heavy atom. The van der Waals surface area contributed by atoms with Gasteiger partial charge in [0.1, 0.15) is 18.1 Å². The van der Waals surface area contributed by atoms with Crippen molar-refractivity contribution in [2.75, 3.05) is 31.7 Å². The van der Waals surface area contributed by atoms with E-state index in [2.05, 4.69) is 17.2 Å². The molecule has 0 aromatic heterocycles. The second-order valence-corrected chi connectivity index (χ2v) is 6.80. The molecule has 29 heavy (non-hydrogen) atoms. The van der Waals surface area contributed by atoms with Gasteiger partial charge in [0.2, 0.25) is 11.8 Å². The molecule has 0 saturated carbocycles. The van der Waals surface area contributed by atoms with Gasteiger partial charge >= 0.3 is 0 Å². The van der Waals surface area contributed by atoms with E-state index in [0.29, 0.717) is 23.1 Å². The van der Waals surface area contributed by atoms with Gasteiger partial charge in [-0.3, -0.25) is 9.59 Å². The number of carbonyl (C=O) groups is 2. The number of amides is 2. The Balaban J connectivity index is 1.44. The highest BCUT2D eigenvalue weighted by Crippen LogP contribution is 2.27. The molecule has 150 valence electrons. The fraction of sp³-hybridized carbons (Fsp3) is 0.273. The van der Waals surface area contributed by atoms with Gasteiger partial charge in [-0.2, -0.15) is 0 Å². The van der Waals surface area contributed by atoms with Crippen molar-refractivity contribution in [3.05, 3.63) is 53.6 Å². The van der Waals surface area contributed by atoms with Crippen molar-refractivity contribution in [2.24, 2.45) is 5.92 Å². The van der Waals surface area contributed by atoms with E-state index in [1.165, 1.54) is 0 Å². The van der Waals surface area contributed by atoms with Crippen molar-refractivity contribution in [3.8, 4) is 23.3 Å².